The first-order chi connectivity index (χ1) is 9.50. The molecule has 0 heterocycles. The molecular weight excluding hydrogens is 260 g/mol. The number of hydrogen-bond donors (Lipinski definition) is 2. The number of rotatable bonds is 9. The summed E-state index contributed by atoms with van der Waals surface area (Å²) in [5, 5.41) is 12.2. The zero-order chi connectivity index (χ0) is 15.0. The zero-order valence-electron chi connectivity index (χ0n) is 12.4. The van der Waals surface area contributed by atoms with Gasteiger partial charge in [0, 0.05) is 6.54 Å². The summed E-state index contributed by atoms with van der Waals surface area (Å²) < 4.78 is 26.2. The Kier molecular flexibility index (Phi) is 7.52. The third-order valence-corrected chi connectivity index (χ3v) is 3.29. The molecule has 0 radical (unpaired) electrons. The van der Waals surface area contributed by atoms with Crippen molar-refractivity contribution < 1.29 is 13.9 Å². The van der Waals surface area contributed by atoms with Crippen molar-refractivity contribution in [3.05, 3.63) is 29.3 Å². The maximum atomic E-state index is 13.1. The molecule has 0 saturated carbocycles. The Hall–Kier alpha value is -1.16. The predicted molar refractivity (Wildman–Crippen MR) is 77.7 cm³/mol. The average molecular weight is 285 g/mol. The summed E-state index contributed by atoms with van der Waals surface area (Å²) in [5.74, 6) is -1.95. The van der Waals surface area contributed by atoms with Gasteiger partial charge in [-0.05, 0) is 36.6 Å². The second-order valence-corrected chi connectivity index (χ2v) is 5.68. The number of benzene rings is 1. The number of hydrogen-bond acceptors (Lipinski definition) is 2. The van der Waals surface area contributed by atoms with Gasteiger partial charge in [0.15, 0.2) is 17.4 Å². The highest BCUT2D eigenvalue weighted by molar-refractivity contribution is 5.29. The van der Waals surface area contributed by atoms with Crippen LogP contribution in [0, 0.1) is 17.6 Å². The zero-order valence-corrected chi connectivity index (χ0v) is 12.4. The van der Waals surface area contributed by atoms with Crippen LogP contribution in [0.4, 0.5) is 8.78 Å². The van der Waals surface area contributed by atoms with E-state index in [0.29, 0.717) is 12.1 Å². The molecule has 0 aromatic heterocycles. The molecule has 1 aromatic carbocycles. The third kappa shape index (κ3) is 6.33. The lowest BCUT2D eigenvalue weighted by Gasteiger charge is -2.07. The molecule has 0 aliphatic carbocycles. The first kappa shape index (κ1) is 16.9. The van der Waals surface area contributed by atoms with E-state index >= 15 is 0 Å². The van der Waals surface area contributed by atoms with E-state index in [2.05, 4.69) is 19.2 Å². The first-order valence-corrected chi connectivity index (χ1v) is 7.38. The molecule has 114 valence electrons. The van der Waals surface area contributed by atoms with Gasteiger partial charge < -0.3 is 10.4 Å². The van der Waals surface area contributed by atoms with E-state index in [4.69, 9.17) is 5.11 Å². The maximum absolute atomic E-state index is 13.1. The molecule has 20 heavy (non-hydrogen) atoms. The predicted octanol–water partition coefficient (Wildman–Crippen LogP) is 4.37. The second kappa shape index (κ2) is 8.90. The Balaban J connectivity index is 2.13. The Morgan fingerprint density at radius 2 is 1.65 bits per heavy atom. The van der Waals surface area contributed by atoms with Crippen molar-refractivity contribution in [3.63, 3.8) is 0 Å². The van der Waals surface area contributed by atoms with Crippen LogP contribution in [0.5, 0.6) is 5.75 Å². The van der Waals surface area contributed by atoms with Crippen molar-refractivity contribution >= 4 is 0 Å². The number of phenols is 1. The van der Waals surface area contributed by atoms with Crippen molar-refractivity contribution in [2.24, 2.45) is 5.92 Å². The summed E-state index contributed by atoms with van der Waals surface area (Å²) in [6.07, 6.45) is 6.03. The van der Waals surface area contributed by atoms with E-state index in [0.717, 1.165) is 31.0 Å². The summed E-state index contributed by atoms with van der Waals surface area (Å²) in [7, 11) is 0. The number of phenolic OH excluding ortho intramolecular Hbond substituents is 1. The van der Waals surface area contributed by atoms with E-state index in [1.54, 1.807) is 0 Å². The molecule has 4 heteroatoms. The fourth-order valence-corrected chi connectivity index (χ4v) is 2.11. The largest absolute Gasteiger partial charge is 0.503 e. The highest BCUT2D eigenvalue weighted by Crippen LogP contribution is 2.21. The topological polar surface area (TPSA) is 32.3 Å². The van der Waals surface area contributed by atoms with Gasteiger partial charge in [-0.3, -0.25) is 0 Å². The molecule has 1 rings (SSSR count). The number of nitrogens with one attached hydrogen (secondary N) is 1. The molecule has 0 aliphatic rings. The Morgan fingerprint density at radius 1 is 1.05 bits per heavy atom. The summed E-state index contributed by atoms with van der Waals surface area (Å²) in [5.41, 5.74) is 0.512. The minimum absolute atomic E-state index is 0.417. The molecular formula is C16H25F2NO. The lowest BCUT2D eigenvalue weighted by Crippen LogP contribution is -2.15. The molecule has 0 bridgehead atoms. The van der Waals surface area contributed by atoms with Gasteiger partial charge in [-0.25, -0.2) is 8.78 Å². The highest BCUT2D eigenvalue weighted by Gasteiger charge is 2.08. The molecule has 0 saturated heterocycles. The fourth-order valence-electron chi connectivity index (χ4n) is 2.11. The molecule has 1 aromatic rings. The van der Waals surface area contributed by atoms with Crippen LogP contribution in [0.25, 0.3) is 0 Å². The van der Waals surface area contributed by atoms with Gasteiger partial charge in [0.05, 0.1) is 0 Å². The Labute approximate surface area is 120 Å². The van der Waals surface area contributed by atoms with Gasteiger partial charge in [0.2, 0.25) is 0 Å². The minimum Gasteiger partial charge on any atom is -0.503 e. The first-order valence-electron chi connectivity index (χ1n) is 7.38. The summed E-state index contributed by atoms with van der Waals surface area (Å²) in [4.78, 5) is 0. The fraction of sp³-hybridized carbons (Fsp3) is 0.625. The second-order valence-electron chi connectivity index (χ2n) is 5.68. The van der Waals surface area contributed by atoms with Crippen LogP contribution >= 0.6 is 0 Å². The molecule has 0 unspecified atom stereocenters. The van der Waals surface area contributed by atoms with Gasteiger partial charge in [-0.1, -0.05) is 39.5 Å². The standard InChI is InChI=1S/C16H25F2NO/c1-12(2)7-5-3-4-6-8-19-11-13-9-14(17)16(20)15(18)10-13/h9-10,12,19-20H,3-8,11H2,1-2H3. The van der Waals surface area contributed by atoms with Crippen molar-refractivity contribution in [1.29, 1.82) is 0 Å². The molecule has 0 aliphatic heterocycles. The summed E-state index contributed by atoms with van der Waals surface area (Å²) in [6.45, 7) is 5.72. The molecule has 2 N–H and O–H groups in total. The maximum Gasteiger partial charge on any atom is 0.187 e. The minimum atomic E-state index is -0.907. The lowest BCUT2D eigenvalue weighted by atomic mass is 10.0. The van der Waals surface area contributed by atoms with Crippen LogP contribution in [-0.4, -0.2) is 11.7 Å². The van der Waals surface area contributed by atoms with Gasteiger partial charge in [-0.15, -0.1) is 0 Å². The average Bonchev–Trinajstić information content (AvgIpc) is 2.38. The van der Waals surface area contributed by atoms with Crippen molar-refractivity contribution in [2.75, 3.05) is 6.54 Å². The molecule has 0 amide bonds. The van der Waals surface area contributed by atoms with E-state index in [-0.39, 0.29) is 0 Å². The molecule has 0 spiro atoms. The number of halogens is 2. The molecule has 2 nitrogen and oxygen atoms in total. The number of unbranched alkanes of at least 4 members (excludes halogenated alkanes) is 3. The van der Waals surface area contributed by atoms with Gasteiger partial charge in [0.25, 0.3) is 0 Å². The molecule has 0 fully saturated rings. The summed E-state index contributed by atoms with van der Waals surface area (Å²) in [6, 6.07) is 2.32. The van der Waals surface area contributed by atoms with E-state index in [1.165, 1.54) is 25.7 Å². The summed E-state index contributed by atoms with van der Waals surface area (Å²) >= 11 is 0. The third-order valence-electron chi connectivity index (χ3n) is 3.29. The SMILES string of the molecule is CC(C)CCCCCCNCc1cc(F)c(O)c(F)c1. The van der Waals surface area contributed by atoms with Crippen LogP contribution in [-0.2, 0) is 6.54 Å². The van der Waals surface area contributed by atoms with Crippen LogP contribution in [0.2, 0.25) is 0 Å². The lowest BCUT2D eigenvalue weighted by molar-refractivity contribution is 0.395. The molecule has 0 atom stereocenters. The van der Waals surface area contributed by atoms with Crippen LogP contribution < -0.4 is 5.32 Å². The van der Waals surface area contributed by atoms with Crippen molar-refractivity contribution in [2.45, 2.75) is 52.5 Å². The quantitative estimate of drug-likeness (QED) is 0.660. The normalized spacial score (nSPS) is 11.2. The van der Waals surface area contributed by atoms with E-state index in [9.17, 15) is 8.78 Å². The number of aromatic hydroxyl groups is 1. The van der Waals surface area contributed by atoms with Crippen LogP contribution in [0.1, 0.15) is 51.5 Å². The smallest absolute Gasteiger partial charge is 0.187 e. The van der Waals surface area contributed by atoms with Gasteiger partial charge >= 0.3 is 0 Å². The Morgan fingerprint density at radius 3 is 2.25 bits per heavy atom. The van der Waals surface area contributed by atoms with E-state index in [1.807, 2.05) is 0 Å². The van der Waals surface area contributed by atoms with Crippen molar-refractivity contribution in [1.82, 2.24) is 5.32 Å². The van der Waals surface area contributed by atoms with Crippen molar-refractivity contribution in [3.8, 4) is 5.75 Å². The van der Waals surface area contributed by atoms with Gasteiger partial charge in [0.1, 0.15) is 0 Å². The highest BCUT2D eigenvalue weighted by atomic mass is 19.1. The van der Waals surface area contributed by atoms with Crippen LogP contribution in [0.3, 0.4) is 0 Å². The van der Waals surface area contributed by atoms with Crippen LogP contribution in [0.15, 0.2) is 12.1 Å². The van der Waals surface area contributed by atoms with Gasteiger partial charge in [-0.2, -0.15) is 0 Å². The Bertz CT molecular complexity index is 384. The monoisotopic (exact) mass is 285 g/mol. The van der Waals surface area contributed by atoms with E-state index < -0.39 is 17.4 Å².